The molecular formula is C13H20N4O2. The van der Waals surface area contributed by atoms with Crippen LogP contribution in [0.15, 0.2) is 24.3 Å². The minimum atomic E-state index is -0.345. The zero-order valence-electron chi connectivity index (χ0n) is 11.2. The molecule has 0 saturated heterocycles. The summed E-state index contributed by atoms with van der Waals surface area (Å²) in [7, 11) is 0. The van der Waals surface area contributed by atoms with Crippen LogP contribution >= 0.6 is 0 Å². The minimum absolute atomic E-state index is 0.0808. The number of rotatable bonds is 5. The molecule has 0 aromatic heterocycles. The number of nitrogen functional groups attached to an aromatic ring is 1. The molecular weight excluding hydrogens is 244 g/mol. The van der Waals surface area contributed by atoms with E-state index in [-0.39, 0.29) is 24.4 Å². The van der Waals surface area contributed by atoms with E-state index in [9.17, 15) is 9.59 Å². The summed E-state index contributed by atoms with van der Waals surface area (Å²) >= 11 is 0. The molecule has 0 fully saturated rings. The molecule has 0 aliphatic rings. The number of carbonyl (C=O) groups excluding carboxylic acids is 2. The Morgan fingerprint density at radius 1 is 1.21 bits per heavy atom. The highest BCUT2D eigenvalue weighted by atomic mass is 16.2. The van der Waals surface area contributed by atoms with Crippen LogP contribution in [0.25, 0.3) is 0 Å². The van der Waals surface area contributed by atoms with Gasteiger partial charge in [0.15, 0.2) is 0 Å². The van der Waals surface area contributed by atoms with Crippen LogP contribution in [0, 0.1) is 0 Å². The van der Waals surface area contributed by atoms with Gasteiger partial charge in [0.1, 0.15) is 0 Å². The van der Waals surface area contributed by atoms with Gasteiger partial charge in [0.25, 0.3) is 0 Å². The van der Waals surface area contributed by atoms with Crippen molar-refractivity contribution in [1.82, 2.24) is 10.6 Å². The predicted octanol–water partition coefficient (Wildman–Crippen LogP) is 1.30. The van der Waals surface area contributed by atoms with Gasteiger partial charge in [0.2, 0.25) is 5.91 Å². The quantitative estimate of drug-likeness (QED) is 0.604. The molecule has 19 heavy (non-hydrogen) atoms. The second-order valence-electron chi connectivity index (χ2n) is 4.48. The number of hydrogen-bond acceptors (Lipinski definition) is 3. The summed E-state index contributed by atoms with van der Waals surface area (Å²) in [5, 5.41) is 8.00. The lowest BCUT2D eigenvalue weighted by Crippen LogP contribution is -2.35. The molecule has 5 N–H and O–H groups in total. The maximum atomic E-state index is 11.5. The van der Waals surface area contributed by atoms with Gasteiger partial charge in [-0.05, 0) is 38.1 Å². The van der Waals surface area contributed by atoms with Crippen molar-refractivity contribution in [3.05, 3.63) is 24.3 Å². The number of nitrogens with two attached hydrogens (primary N) is 1. The standard InChI is InChI=1S/C13H20N4O2/c1-9(2)16-12(18)7-8-15-13(19)17-11-5-3-10(14)4-6-11/h3-6,9H,7-8,14H2,1-2H3,(H,16,18)(H2,15,17,19). The number of amides is 3. The molecule has 0 spiro atoms. The van der Waals surface area contributed by atoms with E-state index in [1.165, 1.54) is 0 Å². The van der Waals surface area contributed by atoms with Crippen molar-refractivity contribution in [2.24, 2.45) is 0 Å². The van der Waals surface area contributed by atoms with Crippen molar-refractivity contribution in [3.8, 4) is 0 Å². The molecule has 0 aliphatic carbocycles. The molecule has 0 atom stereocenters. The summed E-state index contributed by atoms with van der Waals surface area (Å²) in [5.74, 6) is -0.0808. The minimum Gasteiger partial charge on any atom is -0.399 e. The largest absolute Gasteiger partial charge is 0.399 e. The second kappa shape index (κ2) is 7.25. The van der Waals surface area contributed by atoms with Crippen molar-refractivity contribution in [2.75, 3.05) is 17.6 Å². The topological polar surface area (TPSA) is 96.2 Å². The van der Waals surface area contributed by atoms with Gasteiger partial charge in [0, 0.05) is 30.4 Å². The molecule has 0 radical (unpaired) electrons. The van der Waals surface area contributed by atoms with Gasteiger partial charge < -0.3 is 21.7 Å². The van der Waals surface area contributed by atoms with E-state index in [0.29, 0.717) is 17.9 Å². The summed E-state index contributed by atoms with van der Waals surface area (Å²) in [5.41, 5.74) is 6.82. The SMILES string of the molecule is CC(C)NC(=O)CCNC(=O)Nc1ccc(N)cc1. The van der Waals surface area contributed by atoms with E-state index in [4.69, 9.17) is 5.73 Å². The fraction of sp³-hybridized carbons (Fsp3) is 0.385. The Labute approximate surface area is 112 Å². The van der Waals surface area contributed by atoms with E-state index < -0.39 is 0 Å². The van der Waals surface area contributed by atoms with E-state index in [2.05, 4.69) is 16.0 Å². The third-order valence-electron chi connectivity index (χ3n) is 2.26. The van der Waals surface area contributed by atoms with E-state index in [1.54, 1.807) is 24.3 Å². The lowest BCUT2D eigenvalue weighted by atomic mass is 10.3. The molecule has 0 bridgehead atoms. The zero-order valence-corrected chi connectivity index (χ0v) is 11.2. The van der Waals surface area contributed by atoms with Crippen LogP contribution < -0.4 is 21.7 Å². The number of nitrogens with one attached hydrogen (secondary N) is 3. The zero-order chi connectivity index (χ0) is 14.3. The maximum Gasteiger partial charge on any atom is 0.319 e. The molecule has 3 amide bonds. The van der Waals surface area contributed by atoms with Crippen molar-refractivity contribution < 1.29 is 9.59 Å². The molecule has 1 aromatic carbocycles. The van der Waals surface area contributed by atoms with Crippen LogP contribution in [0.1, 0.15) is 20.3 Å². The Morgan fingerprint density at radius 3 is 2.42 bits per heavy atom. The maximum absolute atomic E-state index is 11.5. The van der Waals surface area contributed by atoms with Crippen LogP contribution in [0.2, 0.25) is 0 Å². The van der Waals surface area contributed by atoms with Gasteiger partial charge in [0.05, 0.1) is 0 Å². The Hall–Kier alpha value is -2.24. The van der Waals surface area contributed by atoms with Crippen molar-refractivity contribution in [3.63, 3.8) is 0 Å². The lowest BCUT2D eigenvalue weighted by molar-refractivity contribution is -0.121. The van der Waals surface area contributed by atoms with E-state index in [0.717, 1.165) is 0 Å². The Morgan fingerprint density at radius 2 is 1.84 bits per heavy atom. The molecule has 0 saturated carbocycles. The molecule has 104 valence electrons. The Bertz CT molecular complexity index is 429. The third-order valence-corrected chi connectivity index (χ3v) is 2.26. The normalized spacial score (nSPS) is 10.1. The fourth-order valence-electron chi connectivity index (χ4n) is 1.43. The Kier molecular flexibility index (Phi) is 5.66. The fourth-order valence-corrected chi connectivity index (χ4v) is 1.43. The average molecular weight is 264 g/mol. The van der Waals surface area contributed by atoms with Crippen LogP contribution in [-0.2, 0) is 4.79 Å². The molecule has 6 nitrogen and oxygen atoms in total. The van der Waals surface area contributed by atoms with E-state index in [1.807, 2.05) is 13.8 Å². The molecule has 6 heteroatoms. The summed E-state index contributed by atoms with van der Waals surface area (Å²) in [6.07, 6.45) is 0.257. The van der Waals surface area contributed by atoms with Crippen LogP contribution in [0.3, 0.4) is 0 Å². The number of benzene rings is 1. The molecule has 0 aliphatic heterocycles. The number of carbonyl (C=O) groups is 2. The second-order valence-corrected chi connectivity index (χ2v) is 4.48. The lowest BCUT2D eigenvalue weighted by Gasteiger charge is -2.09. The van der Waals surface area contributed by atoms with Crippen molar-refractivity contribution >= 4 is 23.3 Å². The number of urea groups is 1. The first-order chi connectivity index (χ1) is 8.97. The molecule has 1 aromatic rings. The summed E-state index contributed by atoms with van der Waals surface area (Å²) < 4.78 is 0. The highest BCUT2D eigenvalue weighted by Gasteiger charge is 2.05. The summed E-state index contributed by atoms with van der Waals surface area (Å²) in [4.78, 5) is 22.8. The first-order valence-electron chi connectivity index (χ1n) is 6.17. The predicted molar refractivity (Wildman–Crippen MR) is 75.8 cm³/mol. The molecule has 1 rings (SSSR count). The number of hydrogen-bond donors (Lipinski definition) is 4. The van der Waals surface area contributed by atoms with Gasteiger partial charge in [-0.1, -0.05) is 0 Å². The highest BCUT2D eigenvalue weighted by molar-refractivity contribution is 5.89. The molecule has 0 unspecified atom stereocenters. The highest BCUT2D eigenvalue weighted by Crippen LogP contribution is 2.09. The first-order valence-corrected chi connectivity index (χ1v) is 6.17. The number of anilines is 2. The Balaban J connectivity index is 2.25. The van der Waals surface area contributed by atoms with Gasteiger partial charge in [-0.2, -0.15) is 0 Å². The van der Waals surface area contributed by atoms with Gasteiger partial charge >= 0.3 is 6.03 Å². The molecule has 0 heterocycles. The third kappa shape index (κ3) is 6.30. The summed E-state index contributed by atoms with van der Waals surface area (Å²) in [6.45, 7) is 4.07. The van der Waals surface area contributed by atoms with E-state index >= 15 is 0 Å². The first kappa shape index (κ1) is 14.8. The van der Waals surface area contributed by atoms with Gasteiger partial charge in [-0.3, -0.25) is 4.79 Å². The summed E-state index contributed by atoms with van der Waals surface area (Å²) in [6, 6.07) is 6.58. The van der Waals surface area contributed by atoms with Crippen molar-refractivity contribution in [2.45, 2.75) is 26.3 Å². The monoisotopic (exact) mass is 264 g/mol. The average Bonchev–Trinajstić information content (AvgIpc) is 2.31. The van der Waals surface area contributed by atoms with Crippen LogP contribution in [0.4, 0.5) is 16.2 Å². The van der Waals surface area contributed by atoms with Gasteiger partial charge in [-0.25, -0.2) is 4.79 Å². The van der Waals surface area contributed by atoms with Crippen LogP contribution in [0.5, 0.6) is 0 Å². The smallest absolute Gasteiger partial charge is 0.319 e. The van der Waals surface area contributed by atoms with Gasteiger partial charge in [-0.15, -0.1) is 0 Å². The van der Waals surface area contributed by atoms with Crippen LogP contribution in [-0.4, -0.2) is 24.5 Å². The van der Waals surface area contributed by atoms with Crippen molar-refractivity contribution in [1.29, 1.82) is 0 Å².